The molecule has 0 aliphatic heterocycles. The third-order valence-electron chi connectivity index (χ3n) is 5.76. The first kappa shape index (κ1) is 23.7. The average molecular weight is 476 g/mol. The number of carbonyl (C=O) groups is 2. The Labute approximate surface area is 200 Å². The Hall–Kier alpha value is -4.47. The van der Waals surface area contributed by atoms with E-state index in [2.05, 4.69) is 10.3 Å². The molecule has 1 amide bonds. The number of amides is 1. The molecule has 0 radical (unpaired) electrons. The number of anilines is 1. The fraction of sp³-hybridized carbons (Fsp3) is 0.240. The van der Waals surface area contributed by atoms with Crippen molar-refractivity contribution >= 4 is 28.7 Å². The van der Waals surface area contributed by atoms with Crippen LogP contribution in [0.1, 0.15) is 22.8 Å². The monoisotopic (exact) mass is 475 g/mol. The van der Waals surface area contributed by atoms with Gasteiger partial charge < -0.3 is 14.6 Å². The highest BCUT2D eigenvalue weighted by Gasteiger charge is 2.26. The molecule has 2 aromatic carbocycles. The highest BCUT2D eigenvalue weighted by atomic mass is 16.5. The lowest BCUT2D eigenvalue weighted by Crippen LogP contribution is -2.37. The Bertz CT molecular complexity index is 1550. The number of hydrogen-bond donors (Lipinski definition) is 1. The lowest BCUT2D eigenvalue weighted by Gasteiger charge is -2.19. The molecule has 0 unspecified atom stereocenters. The number of nitrogens with one attached hydrogen (secondary N) is 1. The van der Waals surface area contributed by atoms with E-state index in [-0.39, 0.29) is 17.7 Å². The van der Waals surface area contributed by atoms with Gasteiger partial charge in [0.1, 0.15) is 6.54 Å². The van der Waals surface area contributed by atoms with E-state index in [0.717, 1.165) is 15.7 Å². The quantitative estimate of drug-likeness (QED) is 0.426. The Kier molecular flexibility index (Phi) is 6.37. The van der Waals surface area contributed by atoms with Crippen molar-refractivity contribution in [3.05, 3.63) is 92.4 Å². The number of carbonyl (C=O) groups excluding carboxylic acids is 2. The van der Waals surface area contributed by atoms with Crippen molar-refractivity contribution in [3.8, 4) is 0 Å². The van der Waals surface area contributed by atoms with Gasteiger partial charge in [0.2, 0.25) is 6.10 Å². The number of nitrogens with zero attached hydrogens (tertiary/aromatic N) is 4. The van der Waals surface area contributed by atoms with E-state index in [9.17, 15) is 19.2 Å². The molecule has 0 saturated carbocycles. The average Bonchev–Trinajstić information content (AvgIpc) is 3.26. The standard InChI is InChI=1S/C25H25N5O5/c1-15-10-11-16(2)18(12-15)27-23(32)21(17-8-6-5-7-9-17)35-19(31)13-30-14-26-22-20(30)24(33)29(4)25(34)28(22)3/h5-12,14,21H,13H2,1-4H3,(H,27,32)/t21-/m1/s1. The van der Waals surface area contributed by atoms with Crippen LogP contribution in [0.5, 0.6) is 0 Å². The van der Waals surface area contributed by atoms with Crippen molar-refractivity contribution < 1.29 is 14.3 Å². The third-order valence-corrected chi connectivity index (χ3v) is 5.76. The van der Waals surface area contributed by atoms with Crippen LogP contribution in [0.3, 0.4) is 0 Å². The molecule has 0 bridgehead atoms. The van der Waals surface area contributed by atoms with E-state index in [4.69, 9.17) is 4.74 Å². The molecule has 180 valence electrons. The van der Waals surface area contributed by atoms with Crippen LogP contribution in [0.15, 0.2) is 64.4 Å². The highest BCUT2D eigenvalue weighted by Crippen LogP contribution is 2.23. The Morgan fingerprint density at radius 1 is 1.03 bits per heavy atom. The van der Waals surface area contributed by atoms with Crippen molar-refractivity contribution in [2.75, 3.05) is 5.32 Å². The van der Waals surface area contributed by atoms with E-state index < -0.39 is 29.2 Å². The predicted molar refractivity (Wildman–Crippen MR) is 130 cm³/mol. The normalized spacial score (nSPS) is 11.9. The van der Waals surface area contributed by atoms with E-state index in [0.29, 0.717) is 11.3 Å². The highest BCUT2D eigenvalue weighted by molar-refractivity contribution is 5.96. The van der Waals surface area contributed by atoms with E-state index >= 15 is 0 Å². The summed E-state index contributed by atoms with van der Waals surface area (Å²) < 4.78 is 9.09. The van der Waals surface area contributed by atoms with Gasteiger partial charge in [-0.25, -0.2) is 9.78 Å². The third kappa shape index (κ3) is 4.63. The Morgan fingerprint density at radius 3 is 2.46 bits per heavy atom. The molecular formula is C25H25N5O5. The summed E-state index contributed by atoms with van der Waals surface area (Å²) in [6.45, 7) is 3.42. The minimum absolute atomic E-state index is 0.0858. The molecule has 4 rings (SSSR count). The van der Waals surface area contributed by atoms with Crippen molar-refractivity contribution in [2.45, 2.75) is 26.5 Å². The minimum atomic E-state index is -1.22. The van der Waals surface area contributed by atoms with E-state index in [1.54, 1.807) is 30.3 Å². The molecule has 0 spiro atoms. The van der Waals surface area contributed by atoms with Crippen molar-refractivity contribution in [2.24, 2.45) is 14.1 Å². The molecular weight excluding hydrogens is 450 g/mol. The Balaban J connectivity index is 1.62. The van der Waals surface area contributed by atoms with Crippen molar-refractivity contribution in [1.29, 1.82) is 0 Å². The minimum Gasteiger partial charge on any atom is -0.446 e. The second-order valence-electron chi connectivity index (χ2n) is 8.34. The smallest absolute Gasteiger partial charge is 0.332 e. The maximum absolute atomic E-state index is 13.2. The van der Waals surface area contributed by atoms with Gasteiger partial charge in [0, 0.05) is 25.3 Å². The van der Waals surface area contributed by atoms with Crippen LogP contribution in [0.25, 0.3) is 11.2 Å². The number of esters is 1. The molecule has 1 N–H and O–H groups in total. The second kappa shape index (κ2) is 9.41. The van der Waals surface area contributed by atoms with Crippen LogP contribution < -0.4 is 16.6 Å². The first-order valence-electron chi connectivity index (χ1n) is 10.9. The number of benzene rings is 2. The zero-order chi connectivity index (χ0) is 25.3. The van der Waals surface area contributed by atoms with Crippen molar-refractivity contribution in [1.82, 2.24) is 18.7 Å². The summed E-state index contributed by atoms with van der Waals surface area (Å²) in [5.74, 6) is -1.25. The molecule has 10 heteroatoms. The topological polar surface area (TPSA) is 117 Å². The summed E-state index contributed by atoms with van der Waals surface area (Å²) in [6.07, 6.45) is 0.0751. The zero-order valence-electron chi connectivity index (χ0n) is 19.8. The summed E-state index contributed by atoms with van der Waals surface area (Å²) in [7, 11) is 2.84. The molecule has 0 saturated heterocycles. The van der Waals surface area contributed by atoms with Crippen LogP contribution in [-0.2, 0) is 35.0 Å². The summed E-state index contributed by atoms with van der Waals surface area (Å²) in [5.41, 5.74) is 2.09. The van der Waals surface area contributed by atoms with Gasteiger partial charge in [-0.1, -0.05) is 42.5 Å². The molecule has 2 aromatic heterocycles. The number of aryl methyl sites for hydroxylation is 3. The lowest BCUT2D eigenvalue weighted by atomic mass is 10.1. The van der Waals surface area contributed by atoms with Crippen LogP contribution >= 0.6 is 0 Å². The molecule has 1 atom stereocenters. The molecule has 2 heterocycles. The summed E-state index contributed by atoms with van der Waals surface area (Å²) in [4.78, 5) is 55.0. The molecule has 10 nitrogen and oxygen atoms in total. The van der Waals surface area contributed by atoms with Gasteiger partial charge in [-0.3, -0.25) is 23.5 Å². The number of hydrogen-bond acceptors (Lipinski definition) is 6. The van der Waals surface area contributed by atoms with E-state index in [1.165, 1.54) is 29.6 Å². The SMILES string of the molecule is Cc1ccc(C)c(NC(=O)[C@H](OC(=O)Cn2cnc3c2c(=O)n(C)c(=O)n3C)c2ccccc2)c1. The Morgan fingerprint density at radius 2 is 1.74 bits per heavy atom. The zero-order valence-corrected chi connectivity index (χ0v) is 19.8. The second-order valence-corrected chi connectivity index (χ2v) is 8.34. The van der Waals surface area contributed by atoms with Gasteiger partial charge in [0.25, 0.3) is 11.5 Å². The maximum Gasteiger partial charge on any atom is 0.332 e. The summed E-state index contributed by atoms with van der Waals surface area (Å²) in [6, 6.07) is 14.3. The molecule has 35 heavy (non-hydrogen) atoms. The molecule has 0 aliphatic carbocycles. The molecule has 0 aliphatic rings. The van der Waals surface area contributed by atoms with Gasteiger partial charge in [-0.2, -0.15) is 0 Å². The molecule has 0 fully saturated rings. The number of rotatable bonds is 6. The fourth-order valence-corrected chi connectivity index (χ4v) is 3.79. The summed E-state index contributed by atoms with van der Waals surface area (Å²) in [5, 5.41) is 2.85. The first-order chi connectivity index (χ1) is 16.7. The van der Waals surface area contributed by atoms with Crippen LogP contribution in [0.2, 0.25) is 0 Å². The number of fused-ring (bicyclic) bond motifs is 1. The predicted octanol–water partition coefficient (Wildman–Crippen LogP) is 1.97. The maximum atomic E-state index is 13.2. The van der Waals surface area contributed by atoms with Gasteiger partial charge in [-0.05, 0) is 31.0 Å². The number of imidazole rings is 1. The first-order valence-corrected chi connectivity index (χ1v) is 10.9. The number of ether oxygens (including phenoxy) is 1. The summed E-state index contributed by atoms with van der Waals surface area (Å²) >= 11 is 0. The lowest BCUT2D eigenvalue weighted by molar-refractivity contribution is -0.155. The van der Waals surface area contributed by atoms with Crippen LogP contribution in [0.4, 0.5) is 5.69 Å². The van der Waals surface area contributed by atoms with Crippen molar-refractivity contribution in [3.63, 3.8) is 0 Å². The van der Waals surface area contributed by atoms with Gasteiger partial charge in [-0.15, -0.1) is 0 Å². The van der Waals surface area contributed by atoms with Crippen LogP contribution in [0, 0.1) is 13.8 Å². The van der Waals surface area contributed by atoms with Crippen LogP contribution in [-0.4, -0.2) is 30.6 Å². The van der Waals surface area contributed by atoms with Gasteiger partial charge in [0.15, 0.2) is 11.2 Å². The van der Waals surface area contributed by atoms with E-state index in [1.807, 2.05) is 32.0 Å². The number of aromatic nitrogens is 4. The fourth-order valence-electron chi connectivity index (χ4n) is 3.79. The van der Waals surface area contributed by atoms with Gasteiger partial charge >= 0.3 is 11.7 Å². The largest absolute Gasteiger partial charge is 0.446 e. The van der Waals surface area contributed by atoms with Gasteiger partial charge in [0.05, 0.1) is 6.33 Å². The molecule has 4 aromatic rings.